The van der Waals surface area contributed by atoms with Crippen LogP contribution in [-0.2, 0) is 26.6 Å². The maximum Gasteiger partial charge on any atom is 0.500 e. The minimum Gasteiger partial charge on any atom is -0.374 e. The van der Waals surface area contributed by atoms with Crippen molar-refractivity contribution in [3.05, 3.63) is 0 Å². The lowest BCUT2D eigenvalue weighted by Crippen LogP contribution is -2.45. The Hall–Kier alpha value is 0.114. The first-order valence-electron chi connectivity index (χ1n) is 18.7. The van der Waals surface area contributed by atoms with E-state index < -0.39 is 17.6 Å². The van der Waals surface area contributed by atoms with Gasteiger partial charge in [0.15, 0.2) is 0 Å². The average molecular weight is 667 g/mol. The van der Waals surface area contributed by atoms with Gasteiger partial charge in [-0.05, 0) is 80.3 Å². The van der Waals surface area contributed by atoms with Crippen molar-refractivity contribution in [3.8, 4) is 0 Å². The second kappa shape index (κ2) is 36.0. The molecule has 0 heterocycles. The van der Waals surface area contributed by atoms with Gasteiger partial charge >= 0.3 is 17.6 Å². The molecule has 0 aliphatic rings. The first-order chi connectivity index (χ1) is 21.5. The van der Waals surface area contributed by atoms with Crippen LogP contribution >= 0.6 is 0 Å². The van der Waals surface area contributed by atoms with Crippen LogP contribution in [0.2, 0.25) is 12.1 Å². The van der Waals surface area contributed by atoms with E-state index in [2.05, 4.69) is 0 Å². The van der Waals surface area contributed by atoms with Gasteiger partial charge in [-0.1, -0.05) is 89.9 Å². The molecule has 0 saturated carbocycles. The Morgan fingerprint density at radius 1 is 0.295 bits per heavy atom. The molecule has 0 amide bonds. The smallest absolute Gasteiger partial charge is 0.374 e. The summed E-state index contributed by atoms with van der Waals surface area (Å²) < 4.78 is 35.3. The van der Waals surface area contributed by atoms with E-state index in [4.69, 9.17) is 38.0 Å². The van der Waals surface area contributed by atoms with Gasteiger partial charge in [0, 0.05) is 51.7 Å². The molecular formula is C34H78N2O6Si2. The molecule has 268 valence electrons. The Bertz CT molecular complexity index is 472. The minimum absolute atomic E-state index is 0.676. The van der Waals surface area contributed by atoms with Gasteiger partial charge < -0.3 is 38.0 Å². The third-order valence-electron chi connectivity index (χ3n) is 7.56. The average Bonchev–Trinajstić information content (AvgIpc) is 3.00. The normalized spacial score (nSPS) is 12.0. The molecule has 0 aromatic carbocycles. The van der Waals surface area contributed by atoms with E-state index in [9.17, 15) is 0 Å². The third kappa shape index (κ3) is 28.3. The summed E-state index contributed by atoms with van der Waals surface area (Å²) in [5, 5.41) is 0. The molecule has 4 N–H and O–H groups in total. The van der Waals surface area contributed by atoms with Crippen LogP contribution in [0, 0.1) is 0 Å². The lowest BCUT2D eigenvalue weighted by molar-refractivity contribution is 0.0698. The zero-order valence-corrected chi connectivity index (χ0v) is 32.4. The predicted octanol–water partition coefficient (Wildman–Crippen LogP) is 9.01. The number of rotatable bonds is 34. The summed E-state index contributed by atoms with van der Waals surface area (Å²) in [6, 6.07) is 1.91. The Labute approximate surface area is 277 Å². The van der Waals surface area contributed by atoms with Crippen LogP contribution in [0.4, 0.5) is 0 Å². The maximum absolute atomic E-state index is 5.88. The van der Waals surface area contributed by atoms with E-state index in [1.165, 1.54) is 103 Å². The highest BCUT2D eigenvalue weighted by Crippen LogP contribution is 2.22. The molecule has 8 nitrogen and oxygen atoms in total. The van der Waals surface area contributed by atoms with E-state index in [0.717, 1.165) is 38.0 Å². The highest BCUT2D eigenvalue weighted by Gasteiger charge is 2.40. The maximum atomic E-state index is 5.88. The zero-order chi connectivity index (χ0) is 33.0. The topological polar surface area (TPSA) is 107 Å². The number of nitrogens with two attached hydrogens (primary N) is 2. The quantitative estimate of drug-likeness (QED) is 0.0518. The van der Waals surface area contributed by atoms with Crippen molar-refractivity contribution in [2.24, 2.45) is 11.5 Å². The standard InChI is InChI=1S/2C17H39NO3Si/c2*1-4-19-22(20-5-2,21-6-3)17-15-13-11-9-7-8-10-12-14-16-18/h2*4-18H2,1-3H3. The number of unbranched alkanes of at least 4 members (excludes halogenated alkanes) is 16. The first-order valence-corrected chi connectivity index (χ1v) is 22.6. The third-order valence-corrected chi connectivity index (χ3v) is 13.9. The Kier molecular flexibility index (Phi) is 37.8. The molecule has 0 bridgehead atoms. The molecule has 0 saturated heterocycles. The van der Waals surface area contributed by atoms with Crippen molar-refractivity contribution >= 4 is 17.6 Å². The van der Waals surface area contributed by atoms with Crippen LogP contribution in [0.25, 0.3) is 0 Å². The van der Waals surface area contributed by atoms with Gasteiger partial charge in [-0.25, -0.2) is 0 Å². The second-order valence-electron chi connectivity index (χ2n) is 11.4. The van der Waals surface area contributed by atoms with E-state index in [1.54, 1.807) is 0 Å². The molecule has 0 aliphatic heterocycles. The van der Waals surface area contributed by atoms with Crippen molar-refractivity contribution in [1.82, 2.24) is 0 Å². The highest BCUT2D eigenvalue weighted by molar-refractivity contribution is 6.61. The summed E-state index contributed by atoms with van der Waals surface area (Å²) in [6.07, 6.45) is 23.2. The minimum atomic E-state index is -2.40. The fraction of sp³-hybridized carbons (Fsp3) is 1.00. The molecule has 44 heavy (non-hydrogen) atoms. The Balaban J connectivity index is 0. The molecule has 0 aliphatic carbocycles. The molecule has 0 atom stereocenters. The second-order valence-corrected chi connectivity index (χ2v) is 16.9. The zero-order valence-electron chi connectivity index (χ0n) is 30.4. The van der Waals surface area contributed by atoms with Gasteiger partial charge in [-0.15, -0.1) is 0 Å². The molecule has 0 rings (SSSR count). The van der Waals surface area contributed by atoms with Crippen LogP contribution in [0.3, 0.4) is 0 Å². The summed E-state index contributed by atoms with van der Waals surface area (Å²) in [5.41, 5.74) is 11.0. The van der Waals surface area contributed by atoms with E-state index in [1.807, 2.05) is 41.5 Å². The van der Waals surface area contributed by atoms with E-state index in [-0.39, 0.29) is 0 Å². The monoisotopic (exact) mass is 667 g/mol. The van der Waals surface area contributed by atoms with Gasteiger partial charge in [0.05, 0.1) is 0 Å². The molecular weight excluding hydrogens is 589 g/mol. The van der Waals surface area contributed by atoms with Gasteiger partial charge in [-0.3, -0.25) is 0 Å². The summed E-state index contributed by atoms with van der Waals surface area (Å²) in [4.78, 5) is 0. The van der Waals surface area contributed by atoms with Crippen molar-refractivity contribution < 1.29 is 26.6 Å². The summed E-state index contributed by atoms with van der Waals surface area (Å²) in [6.45, 7) is 17.8. The van der Waals surface area contributed by atoms with Gasteiger partial charge in [0.1, 0.15) is 0 Å². The molecule has 0 spiro atoms. The van der Waals surface area contributed by atoms with Crippen molar-refractivity contribution in [1.29, 1.82) is 0 Å². The lowest BCUT2D eigenvalue weighted by Gasteiger charge is -2.28. The van der Waals surface area contributed by atoms with Crippen LogP contribution in [0.1, 0.15) is 157 Å². The van der Waals surface area contributed by atoms with Gasteiger partial charge in [0.2, 0.25) is 0 Å². The number of hydrogen-bond acceptors (Lipinski definition) is 8. The van der Waals surface area contributed by atoms with Gasteiger partial charge in [0.25, 0.3) is 0 Å². The van der Waals surface area contributed by atoms with Crippen molar-refractivity contribution in [2.45, 2.75) is 169 Å². The van der Waals surface area contributed by atoms with Crippen LogP contribution in [0.5, 0.6) is 0 Å². The van der Waals surface area contributed by atoms with Crippen LogP contribution in [-0.4, -0.2) is 70.3 Å². The fourth-order valence-electron chi connectivity index (χ4n) is 5.45. The molecule has 0 unspecified atom stereocenters. The highest BCUT2D eigenvalue weighted by atomic mass is 28.4. The van der Waals surface area contributed by atoms with Crippen LogP contribution in [0.15, 0.2) is 0 Å². The molecule has 10 heteroatoms. The number of hydrogen-bond donors (Lipinski definition) is 2. The lowest BCUT2D eigenvalue weighted by atomic mass is 10.1. The molecule has 0 fully saturated rings. The van der Waals surface area contributed by atoms with Gasteiger partial charge in [-0.2, -0.15) is 0 Å². The predicted molar refractivity (Wildman–Crippen MR) is 192 cm³/mol. The molecule has 0 aromatic heterocycles. The Morgan fingerprint density at radius 3 is 0.659 bits per heavy atom. The van der Waals surface area contributed by atoms with E-state index in [0.29, 0.717) is 39.6 Å². The fourth-order valence-corrected chi connectivity index (χ4v) is 10.8. The van der Waals surface area contributed by atoms with Crippen LogP contribution < -0.4 is 11.5 Å². The summed E-state index contributed by atoms with van der Waals surface area (Å²) >= 11 is 0. The van der Waals surface area contributed by atoms with E-state index >= 15 is 0 Å². The molecule has 0 radical (unpaired) electrons. The SMILES string of the molecule is CCO[Si](CCCCCCCCCCCN)(OCC)OCC.CCO[Si](CCCCCCCCCCCN)(OCC)OCC. The summed E-state index contributed by atoms with van der Waals surface area (Å²) in [5.74, 6) is 0. The van der Waals surface area contributed by atoms with Crippen molar-refractivity contribution in [3.63, 3.8) is 0 Å². The Morgan fingerprint density at radius 2 is 0.477 bits per heavy atom. The largest absolute Gasteiger partial charge is 0.500 e. The van der Waals surface area contributed by atoms with Crippen molar-refractivity contribution in [2.75, 3.05) is 52.7 Å². The molecule has 0 aromatic rings. The first kappa shape index (κ1) is 46.2. The summed E-state index contributed by atoms with van der Waals surface area (Å²) in [7, 11) is -4.80.